The Kier molecular flexibility index (Phi) is 3.86. The first-order chi connectivity index (χ1) is 8.34. The molecule has 0 heterocycles. The topological polar surface area (TPSA) is 118 Å². The number of primary sulfonamides is 1. The van der Waals surface area contributed by atoms with Crippen LogP contribution in [0.4, 0.5) is 11.4 Å². The first-order valence-corrected chi connectivity index (χ1v) is 7.32. The molecular weight excluding hydrogens is 266 g/mol. The summed E-state index contributed by atoms with van der Waals surface area (Å²) in [5.74, 6) is 0. The van der Waals surface area contributed by atoms with E-state index in [9.17, 15) is 13.5 Å². The summed E-state index contributed by atoms with van der Waals surface area (Å²) in [4.78, 5) is -0.0317. The molecule has 0 saturated carbocycles. The van der Waals surface area contributed by atoms with Gasteiger partial charge in [-0.2, -0.15) is 0 Å². The molecule has 19 heavy (non-hydrogen) atoms. The number of sulfonamides is 1. The Morgan fingerprint density at radius 2 is 1.74 bits per heavy atom. The quantitative estimate of drug-likeness (QED) is 0.613. The average molecular weight is 287 g/mol. The molecule has 1 aromatic carbocycles. The van der Waals surface area contributed by atoms with Crippen molar-refractivity contribution in [1.29, 1.82) is 0 Å². The Morgan fingerprint density at radius 3 is 2.16 bits per heavy atom. The summed E-state index contributed by atoms with van der Waals surface area (Å²) in [5, 5.41) is 18.2. The predicted molar refractivity (Wildman–Crippen MR) is 76.2 cm³/mol. The molecule has 0 spiro atoms. The van der Waals surface area contributed by atoms with Gasteiger partial charge in [-0.05, 0) is 45.9 Å². The van der Waals surface area contributed by atoms with Crippen molar-refractivity contribution in [1.82, 2.24) is 0 Å². The number of hydrogen-bond acceptors (Lipinski definition) is 5. The summed E-state index contributed by atoms with van der Waals surface area (Å²) >= 11 is 0. The number of rotatable bonds is 4. The highest BCUT2D eigenvalue weighted by atomic mass is 32.2. The van der Waals surface area contributed by atoms with Crippen LogP contribution in [-0.4, -0.2) is 24.7 Å². The second kappa shape index (κ2) is 4.66. The first kappa shape index (κ1) is 15.7. The maximum absolute atomic E-state index is 11.3. The molecule has 0 fully saturated rings. The summed E-state index contributed by atoms with van der Waals surface area (Å²) in [7, 11) is -3.79. The number of nitrogen functional groups attached to an aromatic ring is 1. The highest BCUT2D eigenvalue weighted by Gasteiger charge is 2.35. The third kappa shape index (κ3) is 3.59. The van der Waals surface area contributed by atoms with Crippen LogP contribution in [-0.2, 0) is 10.0 Å². The maximum atomic E-state index is 11.3. The summed E-state index contributed by atoms with van der Waals surface area (Å²) in [6, 6.07) is 4.16. The lowest BCUT2D eigenvalue weighted by Crippen LogP contribution is -2.51. The van der Waals surface area contributed by atoms with Gasteiger partial charge in [0.2, 0.25) is 10.0 Å². The van der Waals surface area contributed by atoms with E-state index >= 15 is 0 Å². The van der Waals surface area contributed by atoms with Gasteiger partial charge in [0.25, 0.3) is 0 Å². The zero-order valence-corrected chi connectivity index (χ0v) is 12.4. The van der Waals surface area contributed by atoms with Gasteiger partial charge in [0.05, 0.1) is 27.4 Å². The van der Waals surface area contributed by atoms with Crippen molar-refractivity contribution in [2.45, 2.75) is 43.7 Å². The van der Waals surface area contributed by atoms with Crippen molar-refractivity contribution in [2.24, 2.45) is 5.14 Å². The molecule has 6 N–H and O–H groups in total. The lowest BCUT2D eigenvalue weighted by Gasteiger charge is -2.39. The molecule has 0 atom stereocenters. The predicted octanol–water partition coefficient (Wildman–Crippen LogP) is 0.878. The minimum Gasteiger partial charge on any atom is -0.397 e. The number of nitrogens with two attached hydrogens (primary N) is 2. The molecule has 0 unspecified atom stereocenters. The molecule has 0 aliphatic carbocycles. The molecule has 7 heteroatoms. The van der Waals surface area contributed by atoms with Gasteiger partial charge in [-0.3, -0.25) is 0 Å². The van der Waals surface area contributed by atoms with E-state index in [1.165, 1.54) is 18.2 Å². The van der Waals surface area contributed by atoms with Crippen LogP contribution in [0.25, 0.3) is 0 Å². The van der Waals surface area contributed by atoms with Crippen LogP contribution in [0.3, 0.4) is 0 Å². The van der Waals surface area contributed by atoms with E-state index < -0.39 is 21.2 Å². The van der Waals surface area contributed by atoms with Gasteiger partial charge >= 0.3 is 0 Å². The van der Waals surface area contributed by atoms with E-state index in [0.29, 0.717) is 11.4 Å². The molecule has 0 amide bonds. The summed E-state index contributed by atoms with van der Waals surface area (Å²) in [6.45, 7) is 6.88. The van der Waals surface area contributed by atoms with Crippen molar-refractivity contribution in [3.05, 3.63) is 18.2 Å². The minimum absolute atomic E-state index is 0.0317. The minimum atomic E-state index is -3.79. The Hall–Kier alpha value is -1.31. The molecular formula is C12H21N3O3S. The molecule has 6 nitrogen and oxygen atoms in total. The van der Waals surface area contributed by atoms with Gasteiger partial charge in [0.15, 0.2) is 0 Å². The summed E-state index contributed by atoms with van der Waals surface area (Å²) < 4.78 is 22.6. The van der Waals surface area contributed by atoms with Crippen molar-refractivity contribution >= 4 is 21.4 Å². The smallest absolute Gasteiger partial charge is 0.238 e. The van der Waals surface area contributed by atoms with Crippen LogP contribution in [0.1, 0.15) is 27.7 Å². The van der Waals surface area contributed by atoms with Crippen LogP contribution in [0.5, 0.6) is 0 Å². The Morgan fingerprint density at radius 1 is 1.21 bits per heavy atom. The molecule has 1 rings (SSSR count). The van der Waals surface area contributed by atoms with Gasteiger partial charge in [-0.15, -0.1) is 0 Å². The van der Waals surface area contributed by atoms with Crippen LogP contribution >= 0.6 is 0 Å². The zero-order valence-electron chi connectivity index (χ0n) is 11.6. The van der Waals surface area contributed by atoms with E-state index in [2.05, 4.69) is 5.32 Å². The van der Waals surface area contributed by atoms with Gasteiger partial charge in [-0.1, -0.05) is 0 Å². The highest BCUT2D eigenvalue weighted by Crippen LogP contribution is 2.30. The number of benzene rings is 1. The van der Waals surface area contributed by atoms with Gasteiger partial charge < -0.3 is 16.2 Å². The molecule has 0 aromatic heterocycles. The van der Waals surface area contributed by atoms with E-state index in [1.807, 2.05) is 0 Å². The standard InChI is InChI=1S/C12H21N3O3S/c1-11(2,12(3,4)16)15-10-7-8(19(14,17)18)5-6-9(10)13/h5-7,15-16H,13H2,1-4H3,(H2,14,17,18). The van der Waals surface area contributed by atoms with Crippen LogP contribution in [0.15, 0.2) is 23.1 Å². The second-order valence-electron chi connectivity index (χ2n) is 5.60. The number of aliphatic hydroxyl groups is 1. The normalized spacial score (nSPS) is 13.4. The molecule has 0 aliphatic heterocycles. The molecule has 0 saturated heterocycles. The third-order valence-electron chi connectivity index (χ3n) is 3.33. The Bertz CT molecular complexity index is 574. The fourth-order valence-corrected chi connectivity index (χ4v) is 1.85. The number of anilines is 2. The SMILES string of the molecule is CC(C)(O)C(C)(C)Nc1cc(S(N)(=O)=O)ccc1N. The summed E-state index contributed by atoms with van der Waals surface area (Å²) in [5.41, 5.74) is 4.86. The molecule has 1 aromatic rings. The van der Waals surface area contributed by atoms with Crippen LogP contribution in [0, 0.1) is 0 Å². The molecule has 0 bridgehead atoms. The van der Waals surface area contributed by atoms with Crippen molar-refractivity contribution < 1.29 is 13.5 Å². The third-order valence-corrected chi connectivity index (χ3v) is 4.24. The first-order valence-electron chi connectivity index (χ1n) is 5.77. The second-order valence-corrected chi connectivity index (χ2v) is 7.16. The zero-order chi connectivity index (χ0) is 15.1. The van der Waals surface area contributed by atoms with Crippen LogP contribution in [0.2, 0.25) is 0 Å². The Balaban J connectivity index is 3.22. The molecule has 108 valence electrons. The van der Waals surface area contributed by atoms with E-state index in [4.69, 9.17) is 10.9 Å². The van der Waals surface area contributed by atoms with Gasteiger partial charge in [-0.25, -0.2) is 13.6 Å². The fourth-order valence-electron chi connectivity index (χ4n) is 1.31. The van der Waals surface area contributed by atoms with Crippen molar-refractivity contribution in [3.63, 3.8) is 0 Å². The highest BCUT2D eigenvalue weighted by molar-refractivity contribution is 7.89. The lowest BCUT2D eigenvalue weighted by atomic mass is 9.85. The van der Waals surface area contributed by atoms with E-state index in [1.54, 1.807) is 27.7 Å². The van der Waals surface area contributed by atoms with Crippen molar-refractivity contribution in [2.75, 3.05) is 11.1 Å². The maximum Gasteiger partial charge on any atom is 0.238 e. The lowest BCUT2D eigenvalue weighted by molar-refractivity contribution is 0.0241. The Labute approximate surface area is 113 Å². The largest absolute Gasteiger partial charge is 0.397 e. The average Bonchev–Trinajstić information content (AvgIpc) is 2.17. The monoisotopic (exact) mass is 287 g/mol. The van der Waals surface area contributed by atoms with Crippen molar-refractivity contribution in [3.8, 4) is 0 Å². The fraction of sp³-hybridized carbons (Fsp3) is 0.500. The molecule has 0 radical (unpaired) electrons. The number of hydrogen-bond donors (Lipinski definition) is 4. The summed E-state index contributed by atoms with van der Waals surface area (Å²) in [6.07, 6.45) is 0. The van der Waals surface area contributed by atoms with Gasteiger partial charge in [0, 0.05) is 0 Å². The number of nitrogens with one attached hydrogen (secondary N) is 1. The van der Waals surface area contributed by atoms with Crippen LogP contribution < -0.4 is 16.2 Å². The molecule has 0 aliphatic rings. The van der Waals surface area contributed by atoms with E-state index in [0.717, 1.165) is 0 Å². The van der Waals surface area contributed by atoms with Gasteiger partial charge in [0.1, 0.15) is 0 Å². The van der Waals surface area contributed by atoms with E-state index in [-0.39, 0.29) is 4.90 Å².